The van der Waals surface area contributed by atoms with Gasteiger partial charge in [0.25, 0.3) is 0 Å². The number of rotatable bonds is 11. The molecule has 36 heavy (non-hydrogen) atoms. The monoisotopic (exact) mass is 486 g/mol. The Bertz CT molecular complexity index is 1030. The molecule has 0 radical (unpaired) electrons. The van der Waals surface area contributed by atoms with Gasteiger partial charge in [-0.25, -0.2) is 0 Å². The van der Waals surface area contributed by atoms with Crippen molar-refractivity contribution in [2.24, 2.45) is 5.92 Å². The highest BCUT2D eigenvalue weighted by Gasteiger charge is 2.40. The van der Waals surface area contributed by atoms with Gasteiger partial charge in [-0.2, -0.15) is 0 Å². The number of ether oxygens (including phenoxy) is 1. The Labute approximate surface area is 217 Å². The van der Waals surface area contributed by atoms with E-state index in [-0.39, 0.29) is 30.7 Å². The molecule has 3 atom stereocenters. The van der Waals surface area contributed by atoms with Crippen molar-refractivity contribution in [1.82, 2.24) is 10.6 Å². The number of hydrogen-bond acceptors (Lipinski definition) is 4. The third-order valence-electron chi connectivity index (χ3n) is 7.33. The molecule has 3 unspecified atom stereocenters. The Morgan fingerprint density at radius 1 is 0.889 bits per heavy atom. The van der Waals surface area contributed by atoms with Crippen LogP contribution in [-0.4, -0.2) is 36.4 Å². The molecule has 0 aromatic heterocycles. The van der Waals surface area contributed by atoms with Crippen molar-refractivity contribution in [3.05, 3.63) is 101 Å². The summed E-state index contributed by atoms with van der Waals surface area (Å²) >= 11 is 0. The molecule has 1 saturated heterocycles. The fraction of sp³-hybridized carbons (Fsp3) is 0.438. The van der Waals surface area contributed by atoms with Crippen LogP contribution < -0.4 is 15.4 Å². The molecular weight excluding hydrogens is 444 g/mol. The van der Waals surface area contributed by atoms with E-state index < -0.39 is 0 Å². The number of aliphatic hydroxyl groups excluding tert-OH is 1. The summed E-state index contributed by atoms with van der Waals surface area (Å²) in [5.41, 5.74) is 5.13. The van der Waals surface area contributed by atoms with E-state index in [1.807, 2.05) is 0 Å². The van der Waals surface area contributed by atoms with Gasteiger partial charge in [-0.3, -0.25) is 0 Å². The van der Waals surface area contributed by atoms with E-state index in [1.165, 1.54) is 22.3 Å². The van der Waals surface area contributed by atoms with Gasteiger partial charge in [0.15, 0.2) is 0 Å². The van der Waals surface area contributed by atoms with Crippen LogP contribution in [0.25, 0.3) is 0 Å². The lowest BCUT2D eigenvalue weighted by molar-refractivity contribution is 0.233. The van der Waals surface area contributed by atoms with E-state index in [0.717, 1.165) is 25.3 Å². The van der Waals surface area contributed by atoms with Crippen molar-refractivity contribution in [2.75, 3.05) is 13.2 Å². The average molecular weight is 487 g/mol. The summed E-state index contributed by atoms with van der Waals surface area (Å²) in [5.74, 6) is 1.96. The first-order chi connectivity index (χ1) is 17.5. The van der Waals surface area contributed by atoms with Crippen LogP contribution >= 0.6 is 0 Å². The summed E-state index contributed by atoms with van der Waals surface area (Å²) in [5, 5.41) is 17.6. The molecule has 0 spiro atoms. The van der Waals surface area contributed by atoms with Crippen LogP contribution in [-0.2, 0) is 6.54 Å². The molecule has 0 aliphatic carbocycles. The van der Waals surface area contributed by atoms with E-state index in [9.17, 15) is 5.11 Å². The molecule has 3 aromatic carbocycles. The highest BCUT2D eigenvalue weighted by Crippen LogP contribution is 2.35. The van der Waals surface area contributed by atoms with Gasteiger partial charge in [-0.1, -0.05) is 86.6 Å². The zero-order valence-corrected chi connectivity index (χ0v) is 22.2. The van der Waals surface area contributed by atoms with E-state index in [2.05, 4.69) is 117 Å². The summed E-state index contributed by atoms with van der Waals surface area (Å²) in [6, 6.07) is 28.6. The molecule has 192 valence electrons. The lowest BCUT2D eigenvalue weighted by Gasteiger charge is -2.32. The predicted molar refractivity (Wildman–Crippen MR) is 149 cm³/mol. The maximum Gasteiger partial charge on any atom is 0.124 e. The van der Waals surface area contributed by atoms with Crippen molar-refractivity contribution in [3.63, 3.8) is 0 Å². The van der Waals surface area contributed by atoms with Gasteiger partial charge >= 0.3 is 0 Å². The topological polar surface area (TPSA) is 53.5 Å². The average Bonchev–Trinajstić information content (AvgIpc) is 3.26. The molecule has 0 bridgehead atoms. The highest BCUT2D eigenvalue weighted by molar-refractivity contribution is 5.39. The third-order valence-corrected chi connectivity index (χ3v) is 7.33. The highest BCUT2D eigenvalue weighted by atomic mass is 16.5. The van der Waals surface area contributed by atoms with E-state index in [0.29, 0.717) is 11.8 Å². The van der Waals surface area contributed by atoms with E-state index in [4.69, 9.17) is 4.74 Å². The fourth-order valence-corrected chi connectivity index (χ4v) is 5.52. The molecule has 1 aliphatic rings. The smallest absolute Gasteiger partial charge is 0.124 e. The normalized spacial score (nSPS) is 19.9. The second-order valence-corrected chi connectivity index (χ2v) is 10.6. The van der Waals surface area contributed by atoms with Crippen molar-refractivity contribution in [2.45, 2.75) is 70.7 Å². The Morgan fingerprint density at radius 3 is 2.08 bits per heavy atom. The standard InChI is InChI=1S/C32H42N2O2/c1-22(2)26-15-16-29(36-23(3)4)28(19-26)21-33-31-27(17-18-35)20-34-32(31)30(24-11-7-5-8-12-24)25-13-9-6-10-14-25/h5-16,19,22-23,27,30-35H,17-18,20-21H2,1-4H3. The SMILES string of the molecule is CC(C)Oc1ccc(C(C)C)cc1CNC1C(CCO)CNC1C(c1ccccc1)c1ccccc1. The summed E-state index contributed by atoms with van der Waals surface area (Å²) in [4.78, 5) is 0. The summed E-state index contributed by atoms with van der Waals surface area (Å²) in [6.07, 6.45) is 0.899. The second-order valence-electron chi connectivity index (χ2n) is 10.6. The van der Waals surface area contributed by atoms with Crippen LogP contribution in [0.4, 0.5) is 0 Å². The van der Waals surface area contributed by atoms with Gasteiger partial charge in [-0.15, -0.1) is 0 Å². The van der Waals surface area contributed by atoms with Crippen molar-refractivity contribution in [3.8, 4) is 5.75 Å². The number of aliphatic hydroxyl groups is 1. The molecular formula is C32H42N2O2. The maximum atomic E-state index is 9.85. The van der Waals surface area contributed by atoms with Crippen molar-refractivity contribution >= 4 is 0 Å². The quantitative estimate of drug-likeness (QED) is 0.318. The van der Waals surface area contributed by atoms with E-state index in [1.54, 1.807) is 0 Å². The Morgan fingerprint density at radius 2 is 1.53 bits per heavy atom. The van der Waals surface area contributed by atoms with Gasteiger partial charge in [0.1, 0.15) is 5.75 Å². The lowest BCUT2D eigenvalue weighted by Crippen LogP contribution is -2.46. The maximum absolute atomic E-state index is 9.85. The Kier molecular flexibility index (Phi) is 9.19. The third kappa shape index (κ3) is 6.36. The molecule has 4 rings (SSSR count). The zero-order valence-electron chi connectivity index (χ0n) is 22.2. The number of hydrogen-bond donors (Lipinski definition) is 3. The molecule has 0 saturated carbocycles. The van der Waals surface area contributed by atoms with Crippen LogP contribution in [0.15, 0.2) is 78.9 Å². The number of benzene rings is 3. The van der Waals surface area contributed by atoms with Gasteiger partial charge in [0.05, 0.1) is 6.10 Å². The van der Waals surface area contributed by atoms with Gasteiger partial charge < -0.3 is 20.5 Å². The Hall–Kier alpha value is -2.66. The molecule has 0 amide bonds. The molecule has 3 N–H and O–H groups in total. The fourth-order valence-electron chi connectivity index (χ4n) is 5.52. The minimum atomic E-state index is 0.122. The van der Waals surface area contributed by atoms with Crippen molar-refractivity contribution in [1.29, 1.82) is 0 Å². The van der Waals surface area contributed by atoms with Gasteiger partial charge in [0, 0.05) is 36.7 Å². The Balaban J connectivity index is 1.66. The molecule has 1 aliphatic heterocycles. The molecule has 1 fully saturated rings. The number of nitrogens with one attached hydrogen (secondary N) is 2. The molecule has 3 aromatic rings. The predicted octanol–water partition coefficient (Wildman–Crippen LogP) is 5.86. The summed E-state index contributed by atoms with van der Waals surface area (Å²) in [6.45, 7) is 10.4. The first kappa shape index (κ1) is 26.4. The van der Waals surface area contributed by atoms with Crippen LogP contribution in [0.2, 0.25) is 0 Å². The first-order valence-electron chi connectivity index (χ1n) is 13.4. The van der Waals surface area contributed by atoms with E-state index >= 15 is 0 Å². The first-order valence-corrected chi connectivity index (χ1v) is 13.4. The van der Waals surface area contributed by atoms with Crippen LogP contribution in [0.1, 0.15) is 68.2 Å². The van der Waals surface area contributed by atoms with Gasteiger partial charge in [-0.05, 0) is 61.4 Å². The van der Waals surface area contributed by atoms with Crippen molar-refractivity contribution < 1.29 is 9.84 Å². The summed E-state index contributed by atoms with van der Waals surface area (Å²) < 4.78 is 6.19. The lowest BCUT2D eigenvalue weighted by atomic mass is 9.80. The molecule has 4 nitrogen and oxygen atoms in total. The second kappa shape index (κ2) is 12.5. The minimum absolute atomic E-state index is 0.122. The van der Waals surface area contributed by atoms with Crippen LogP contribution in [0.5, 0.6) is 5.75 Å². The summed E-state index contributed by atoms with van der Waals surface area (Å²) in [7, 11) is 0. The largest absolute Gasteiger partial charge is 0.491 e. The zero-order chi connectivity index (χ0) is 25.5. The van der Waals surface area contributed by atoms with Gasteiger partial charge in [0.2, 0.25) is 0 Å². The molecule has 1 heterocycles. The van der Waals surface area contributed by atoms with Crippen LogP contribution in [0.3, 0.4) is 0 Å². The minimum Gasteiger partial charge on any atom is -0.491 e. The molecule has 4 heteroatoms. The van der Waals surface area contributed by atoms with Crippen LogP contribution in [0, 0.1) is 5.92 Å².